The van der Waals surface area contributed by atoms with Gasteiger partial charge < -0.3 is 14.6 Å². The van der Waals surface area contributed by atoms with Gasteiger partial charge in [-0.15, -0.1) is 0 Å². The Hall–Kier alpha value is -3.34. The van der Waals surface area contributed by atoms with Gasteiger partial charge >= 0.3 is 5.97 Å². The SMILES string of the molecule is CCOC(=O)c1cc(-c2ccccc2)n(CCC(=O)Nc2cccc(C)c2)c1C. The van der Waals surface area contributed by atoms with E-state index >= 15 is 0 Å². The molecule has 0 radical (unpaired) electrons. The number of benzene rings is 2. The van der Waals surface area contributed by atoms with Crippen molar-refractivity contribution in [3.05, 3.63) is 77.5 Å². The van der Waals surface area contributed by atoms with Crippen LogP contribution in [0.4, 0.5) is 5.69 Å². The third-order valence-electron chi connectivity index (χ3n) is 4.80. The molecule has 0 aliphatic carbocycles. The lowest BCUT2D eigenvalue weighted by molar-refractivity contribution is -0.116. The Morgan fingerprint density at radius 1 is 1.00 bits per heavy atom. The highest BCUT2D eigenvalue weighted by atomic mass is 16.5. The van der Waals surface area contributed by atoms with Crippen molar-refractivity contribution in [2.75, 3.05) is 11.9 Å². The van der Waals surface area contributed by atoms with Crippen LogP contribution in [0.1, 0.15) is 35.0 Å². The molecule has 0 bridgehead atoms. The van der Waals surface area contributed by atoms with Crippen LogP contribution in [0, 0.1) is 13.8 Å². The zero-order valence-corrected chi connectivity index (χ0v) is 17.1. The second-order valence-corrected chi connectivity index (χ2v) is 6.93. The minimum Gasteiger partial charge on any atom is -0.462 e. The van der Waals surface area contributed by atoms with E-state index in [1.54, 1.807) is 6.92 Å². The van der Waals surface area contributed by atoms with Gasteiger partial charge in [0.25, 0.3) is 0 Å². The zero-order chi connectivity index (χ0) is 20.8. The molecule has 1 N–H and O–H groups in total. The molecule has 0 atom stereocenters. The number of rotatable bonds is 7. The van der Waals surface area contributed by atoms with Crippen molar-refractivity contribution in [1.82, 2.24) is 4.57 Å². The van der Waals surface area contributed by atoms with Crippen molar-refractivity contribution in [3.63, 3.8) is 0 Å². The molecule has 1 aromatic heterocycles. The van der Waals surface area contributed by atoms with Gasteiger partial charge in [0.1, 0.15) is 0 Å². The van der Waals surface area contributed by atoms with E-state index in [4.69, 9.17) is 4.74 Å². The fraction of sp³-hybridized carbons (Fsp3) is 0.250. The summed E-state index contributed by atoms with van der Waals surface area (Å²) in [7, 11) is 0. The average molecular weight is 390 g/mol. The van der Waals surface area contributed by atoms with Crippen molar-refractivity contribution in [2.45, 2.75) is 33.7 Å². The molecule has 5 nitrogen and oxygen atoms in total. The molecular weight excluding hydrogens is 364 g/mol. The smallest absolute Gasteiger partial charge is 0.339 e. The summed E-state index contributed by atoms with van der Waals surface area (Å²) >= 11 is 0. The van der Waals surface area contributed by atoms with Crippen LogP contribution in [0.2, 0.25) is 0 Å². The van der Waals surface area contributed by atoms with Gasteiger partial charge in [0, 0.05) is 30.0 Å². The third kappa shape index (κ3) is 4.93. The van der Waals surface area contributed by atoms with E-state index in [-0.39, 0.29) is 11.9 Å². The lowest BCUT2D eigenvalue weighted by Gasteiger charge is -2.13. The predicted octanol–water partition coefficient (Wildman–Crippen LogP) is 4.98. The number of ether oxygens (including phenoxy) is 1. The normalized spacial score (nSPS) is 10.6. The first-order valence-corrected chi connectivity index (χ1v) is 9.78. The van der Waals surface area contributed by atoms with E-state index in [2.05, 4.69) is 5.32 Å². The van der Waals surface area contributed by atoms with Crippen LogP contribution in [0.25, 0.3) is 11.3 Å². The van der Waals surface area contributed by atoms with Crippen molar-refractivity contribution in [3.8, 4) is 11.3 Å². The molecule has 0 fully saturated rings. The molecule has 3 rings (SSSR count). The number of nitrogens with zero attached hydrogens (tertiary/aromatic N) is 1. The lowest BCUT2D eigenvalue weighted by atomic mass is 10.1. The number of hydrogen-bond donors (Lipinski definition) is 1. The second-order valence-electron chi connectivity index (χ2n) is 6.93. The fourth-order valence-corrected chi connectivity index (χ4v) is 3.36. The first-order valence-electron chi connectivity index (χ1n) is 9.78. The van der Waals surface area contributed by atoms with Gasteiger partial charge in [-0.25, -0.2) is 4.79 Å². The molecule has 0 saturated heterocycles. The molecule has 29 heavy (non-hydrogen) atoms. The molecule has 0 saturated carbocycles. The van der Waals surface area contributed by atoms with Crippen LogP contribution in [-0.2, 0) is 16.1 Å². The van der Waals surface area contributed by atoms with E-state index < -0.39 is 0 Å². The predicted molar refractivity (Wildman–Crippen MR) is 115 cm³/mol. The Bertz CT molecular complexity index is 1010. The number of carbonyl (C=O) groups excluding carboxylic acids is 2. The Labute approximate surface area is 171 Å². The summed E-state index contributed by atoms with van der Waals surface area (Å²) in [5, 5.41) is 2.94. The summed E-state index contributed by atoms with van der Waals surface area (Å²) in [4.78, 5) is 24.8. The first kappa shape index (κ1) is 20.4. The summed E-state index contributed by atoms with van der Waals surface area (Å²) in [6.45, 7) is 6.45. The van der Waals surface area contributed by atoms with Crippen LogP contribution in [-0.4, -0.2) is 23.1 Å². The Morgan fingerprint density at radius 3 is 2.45 bits per heavy atom. The van der Waals surface area contributed by atoms with E-state index in [1.807, 2.05) is 79.1 Å². The highest BCUT2D eigenvalue weighted by molar-refractivity contribution is 5.93. The van der Waals surface area contributed by atoms with Gasteiger partial charge in [-0.3, -0.25) is 4.79 Å². The Balaban J connectivity index is 1.83. The zero-order valence-electron chi connectivity index (χ0n) is 17.1. The minimum atomic E-state index is -0.342. The lowest BCUT2D eigenvalue weighted by Crippen LogP contribution is -2.16. The van der Waals surface area contributed by atoms with Gasteiger partial charge in [-0.1, -0.05) is 42.5 Å². The van der Waals surface area contributed by atoms with E-state index in [1.165, 1.54) is 0 Å². The van der Waals surface area contributed by atoms with Crippen molar-refractivity contribution in [2.24, 2.45) is 0 Å². The number of anilines is 1. The highest BCUT2D eigenvalue weighted by Gasteiger charge is 2.19. The number of carbonyl (C=O) groups is 2. The summed E-state index contributed by atoms with van der Waals surface area (Å²) in [6, 6.07) is 19.4. The van der Waals surface area contributed by atoms with Crippen molar-refractivity contribution in [1.29, 1.82) is 0 Å². The highest BCUT2D eigenvalue weighted by Crippen LogP contribution is 2.27. The molecule has 1 heterocycles. The van der Waals surface area contributed by atoms with E-state index in [9.17, 15) is 9.59 Å². The van der Waals surface area contributed by atoms with Gasteiger partial charge in [0.15, 0.2) is 0 Å². The van der Waals surface area contributed by atoms with Gasteiger partial charge in [0.05, 0.1) is 12.2 Å². The van der Waals surface area contributed by atoms with Crippen LogP contribution in [0.15, 0.2) is 60.7 Å². The number of esters is 1. The maximum atomic E-state index is 12.5. The van der Waals surface area contributed by atoms with Gasteiger partial charge in [0.2, 0.25) is 5.91 Å². The Kier molecular flexibility index (Phi) is 6.50. The first-order chi connectivity index (χ1) is 14.0. The number of hydrogen-bond acceptors (Lipinski definition) is 3. The molecule has 150 valence electrons. The quantitative estimate of drug-likeness (QED) is 0.579. The molecule has 0 aliphatic heterocycles. The fourth-order valence-electron chi connectivity index (χ4n) is 3.36. The molecule has 0 spiro atoms. The van der Waals surface area contributed by atoms with Crippen molar-refractivity contribution < 1.29 is 14.3 Å². The maximum Gasteiger partial charge on any atom is 0.339 e. The van der Waals surface area contributed by atoms with E-state index in [0.717, 1.165) is 28.2 Å². The molecule has 5 heteroatoms. The molecular formula is C24H26N2O3. The summed E-state index contributed by atoms with van der Waals surface area (Å²) in [6.07, 6.45) is 0.297. The average Bonchev–Trinajstić information content (AvgIpc) is 3.04. The number of aromatic nitrogens is 1. The van der Waals surface area contributed by atoms with Gasteiger partial charge in [-0.2, -0.15) is 0 Å². The number of aryl methyl sites for hydroxylation is 1. The monoisotopic (exact) mass is 390 g/mol. The number of nitrogens with one attached hydrogen (secondary N) is 1. The van der Waals surface area contributed by atoms with Crippen molar-refractivity contribution >= 4 is 17.6 Å². The maximum absolute atomic E-state index is 12.5. The van der Waals surface area contributed by atoms with Crippen LogP contribution in [0.5, 0.6) is 0 Å². The standard InChI is InChI=1S/C24H26N2O3/c1-4-29-24(28)21-16-22(19-10-6-5-7-11-19)26(18(21)3)14-13-23(27)25-20-12-8-9-17(2)15-20/h5-12,15-16H,4,13-14H2,1-3H3,(H,25,27). The topological polar surface area (TPSA) is 60.3 Å². The second kappa shape index (κ2) is 9.24. The molecule has 1 amide bonds. The summed E-state index contributed by atoms with van der Waals surface area (Å²) in [5.41, 5.74) is 5.10. The largest absolute Gasteiger partial charge is 0.462 e. The van der Waals surface area contributed by atoms with Crippen LogP contribution >= 0.6 is 0 Å². The molecule has 3 aromatic rings. The minimum absolute atomic E-state index is 0.0691. The van der Waals surface area contributed by atoms with E-state index in [0.29, 0.717) is 25.1 Å². The summed E-state index contributed by atoms with van der Waals surface area (Å²) in [5.74, 6) is -0.412. The van der Waals surface area contributed by atoms with Gasteiger partial charge in [-0.05, 0) is 50.1 Å². The van der Waals surface area contributed by atoms with Crippen LogP contribution in [0.3, 0.4) is 0 Å². The Morgan fingerprint density at radius 2 is 1.76 bits per heavy atom. The number of amides is 1. The molecule has 0 unspecified atom stereocenters. The molecule has 0 aliphatic rings. The third-order valence-corrected chi connectivity index (χ3v) is 4.80. The summed E-state index contributed by atoms with van der Waals surface area (Å²) < 4.78 is 7.21. The van der Waals surface area contributed by atoms with Crippen LogP contribution < -0.4 is 5.32 Å². The molecule has 2 aromatic carbocycles.